The number of allylic oxidation sites excluding steroid dienone is 1. The Labute approximate surface area is 119 Å². The summed E-state index contributed by atoms with van der Waals surface area (Å²) in [4.78, 5) is 0. The average molecular weight is 311 g/mol. The molecule has 1 rings (SSSR count). The van der Waals surface area contributed by atoms with Crippen LogP contribution in [0.1, 0.15) is 44.6 Å². The van der Waals surface area contributed by atoms with Crippen LogP contribution >= 0.6 is 15.9 Å². The first-order valence-electron chi connectivity index (χ1n) is 6.66. The first kappa shape index (κ1) is 15.5. The molecule has 0 saturated carbocycles. The molecule has 0 amide bonds. The van der Waals surface area contributed by atoms with Crippen molar-refractivity contribution < 1.29 is 5.11 Å². The van der Waals surface area contributed by atoms with Gasteiger partial charge in [0, 0.05) is 9.89 Å². The molecule has 1 aromatic carbocycles. The van der Waals surface area contributed by atoms with Crippen molar-refractivity contribution in [1.82, 2.24) is 0 Å². The molecule has 0 bridgehead atoms. The first-order chi connectivity index (χ1) is 8.68. The molecule has 0 aliphatic carbocycles. The van der Waals surface area contributed by atoms with Gasteiger partial charge in [-0.1, -0.05) is 60.3 Å². The minimum absolute atomic E-state index is 0.155. The van der Waals surface area contributed by atoms with Gasteiger partial charge in [0.15, 0.2) is 0 Å². The van der Waals surface area contributed by atoms with Crippen molar-refractivity contribution in [3.63, 3.8) is 0 Å². The molecule has 0 aliphatic heterocycles. The summed E-state index contributed by atoms with van der Waals surface area (Å²) in [7, 11) is 0. The van der Waals surface area contributed by atoms with Gasteiger partial charge >= 0.3 is 0 Å². The van der Waals surface area contributed by atoms with E-state index in [-0.39, 0.29) is 12.0 Å². The lowest BCUT2D eigenvalue weighted by atomic mass is 9.74. The number of halogens is 1. The van der Waals surface area contributed by atoms with Crippen LogP contribution in [0.15, 0.2) is 41.4 Å². The van der Waals surface area contributed by atoms with Gasteiger partial charge in [-0.15, -0.1) is 6.58 Å². The second kappa shape index (κ2) is 7.75. The molecule has 0 aromatic heterocycles. The molecule has 0 radical (unpaired) electrons. The molecule has 1 nitrogen and oxygen atoms in total. The smallest absolute Gasteiger partial charge is 0.0530 e. The van der Waals surface area contributed by atoms with Crippen molar-refractivity contribution in [2.24, 2.45) is 0 Å². The highest BCUT2D eigenvalue weighted by molar-refractivity contribution is 9.10. The van der Waals surface area contributed by atoms with E-state index in [0.29, 0.717) is 0 Å². The topological polar surface area (TPSA) is 20.2 Å². The molecule has 1 N–H and O–H groups in total. The van der Waals surface area contributed by atoms with Crippen molar-refractivity contribution >= 4 is 15.9 Å². The highest BCUT2D eigenvalue weighted by Crippen LogP contribution is 2.34. The zero-order valence-corrected chi connectivity index (χ0v) is 12.7. The van der Waals surface area contributed by atoms with Crippen LogP contribution in [0.5, 0.6) is 0 Å². The molecule has 1 unspecified atom stereocenters. The number of unbranched alkanes of at least 4 members (excludes halogenated alkanes) is 2. The van der Waals surface area contributed by atoms with Crippen molar-refractivity contribution in [3.8, 4) is 0 Å². The fraction of sp³-hybridized carbons (Fsp3) is 0.500. The maximum absolute atomic E-state index is 9.87. The van der Waals surface area contributed by atoms with E-state index < -0.39 is 0 Å². The molecule has 18 heavy (non-hydrogen) atoms. The van der Waals surface area contributed by atoms with Gasteiger partial charge in [-0.25, -0.2) is 0 Å². The minimum atomic E-state index is -0.155. The fourth-order valence-corrected chi connectivity index (χ4v) is 2.66. The summed E-state index contributed by atoms with van der Waals surface area (Å²) in [5.74, 6) is 0. The normalized spacial score (nSPS) is 14.2. The lowest BCUT2D eigenvalue weighted by Gasteiger charge is -2.32. The van der Waals surface area contributed by atoms with Gasteiger partial charge in [0.2, 0.25) is 0 Å². The summed E-state index contributed by atoms with van der Waals surface area (Å²) < 4.78 is 1.07. The third-order valence-corrected chi connectivity index (χ3v) is 4.08. The molecule has 0 saturated heterocycles. The Bertz CT molecular complexity index is 358. The number of benzene rings is 1. The summed E-state index contributed by atoms with van der Waals surface area (Å²) >= 11 is 3.45. The van der Waals surface area contributed by atoms with E-state index in [1.54, 1.807) is 0 Å². The summed E-state index contributed by atoms with van der Waals surface area (Å²) in [6, 6.07) is 8.30. The van der Waals surface area contributed by atoms with Crippen molar-refractivity contribution in [2.45, 2.75) is 44.4 Å². The highest BCUT2D eigenvalue weighted by atomic mass is 79.9. The molecule has 100 valence electrons. The van der Waals surface area contributed by atoms with Gasteiger partial charge in [-0.2, -0.15) is 0 Å². The third-order valence-electron chi connectivity index (χ3n) is 3.55. The first-order valence-corrected chi connectivity index (χ1v) is 7.45. The number of hydrogen-bond acceptors (Lipinski definition) is 1. The van der Waals surface area contributed by atoms with Crippen molar-refractivity contribution in [1.29, 1.82) is 0 Å². The summed E-state index contributed by atoms with van der Waals surface area (Å²) in [5, 5.41) is 9.87. The van der Waals surface area contributed by atoms with Crippen LogP contribution in [0.4, 0.5) is 0 Å². The largest absolute Gasteiger partial charge is 0.395 e. The quantitative estimate of drug-likeness (QED) is 0.538. The predicted octanol–water partition coefficient (Wildman–Crippen LogP) is 4.84. The zero-order chi connectivity index (χ0) is 13.4. The van der Waals surface area contributed by atoms with E-state index >= 15 is 0 Å². The second-order valence-electron chi connectivity index (χ2n) is 4.90. The lowest BCUT2D eigenvalue weighted by molar-refractivity contribution is 0.181. The predicted molar refractivity (Wildman–Crippen MR) is 81.9 cm³/mol. The van der Waals surface area contributed by atoms with Crippen LogP contribution < -0.4 is 0 Å². The summed E-state index contributed by atoms with van der Waals surface area (Å²) in [5.41, 5.74) is 1.06. The highest BCUT2D eigenvalue weighted by Gasteiger charge is 2.29. The van der Waals surface area contributed by atoms with Gasteiger partial charge in [0.05, 0.1) is 6.61 Å². The molecule has 0 aliphatic rings. The molecular weight excluding hydrogens is 288 g/mol. The molecule has 1 atom stereocenters. The van der Waals surface area contributed by atoms with Crippen LogP contribution in [0.25, 0.3) is 0 Å². The Balaban J connectivity index is 2.93. The van der Waals surface area contributed by atoms with E-state index in [9.17, 15) is 5.11 Å². The Morgan fingerprint density at radius 2 is 1.94 bits per heavy atom. The van der Waals surface area contributed by atoms with E-state index in [0.717, 1.165) is 23.7 Å². The Morgan fingerprint density at radius 3 is 2.44 bits per heavy atom. The van der Waals surface area contributed by atoms with Crippen LogP contribution in [0.3, 0.4) is 0 Å². The zero-order valence-electron chi connectivity index (χ0n) is 11.2. The summed E-state index contributed by atoms with van der Waals surface area (Å²) in [6.45, 7) is 6.23. The lowest BCUT2D eigenvalue weighted by Crippen LogP contribution is -2.30. The number of aliphatic hydroxyl groups excluding tert-OH is 1. The standard InChI is InChI=1S/C16H23BrO/c1-3-5-6-12-16(13-18,11-4-2)14-7-9-15(17)10-8-14/h4,7-10,18H,2-3,5-6,11-13H2,1H3. The van der Waals surface area contributed by atoms with Crippen LogP contribution in [0, 0.1) is 0 Å². The van der Waals surface area contributed by atoms with E-state index in [4.69, 9.17) is 0 Å². The maximum atomic E-state index is 9.87. The van der Waals surface area contributed by atoms with Gasteiger partial charge in [-0.3, -0.25) is 0 Å². The molecular formula is C16H23BrO. The van der Waals surface area contributed by atoms with Gasteiger partial charge in [0.1, 0.15) is 0 Å². The Morgan fingerprint density at radius 1 is 1.28 bits per heavy atom. The van der Waals surface area contributed by atoms with Crippen LogP contribution in [-0.2, 0) is 5.41 Å². The average Bonchev–Trinajstić information content (AvgIpc) is 2.39. The Hall–Kier alpha value is -0.600. The van der Waals surface area contributed by atoms with Gasteiger partial charge in [0.25, 0.3) is 0 Å². The minimum Gasteiger partial charge on any atom is -0.395 e. The maximum Gasteiger partial charge on any atom is 0.0530 e. The van der Waals surface area contributed by atoms with Crippen LogP contribution in [0.2, 0.25) is 0 Å². The molecule has 0 spiro atoms. The molecule has 0 heterocycles. The van der Waals surface area contributed by atoms with E-state index in [2.05, 4.69) is 41.6 Å². The van der Waals surface area contributed by atoms with Crippen LogP contribution in [-0.4, -0.2) is 11.7 Å². The van der Waals surface area contributed by atoms with E-state index in [1.807, 2.05) is 18.2 Å². The van der Waals surface area contributed by atoms with Crippen molar-refractivity contribution in [3.05, 3.63) is 47.0 Å². The number of aliphatic hydroxyl groups is 1. The van der Waals surface area contributed by atoms with E-state index in [1.165, 1.54) is 18.4 Å². The summed E-state index contributed by atoms with van der Waals surface area (Å²) in [6.07, 6.45) is 7.34. The van der Waals surface area contributed by atoms with Gasteiger partial charge < -0.3 is 5.11 Å². The Kier molecular flexibility index (Phi) is 6.66. The third kappa shape index (κ3) is 3.96. The SMILES string of the molecule is C=CCC(CO)(CCCCC)c1ccc(Br)cc1. The fourth-order valence-electron chi connectivity index (χ4n) is 2.39. The number of hydrogen-bond donors (Lipinski definition) is 1. The van der Waals surface area contributed by atoms with Crippen molar-refractivity contribution in [2.75, 3.05) is 6.61 Å². The second-order valence-corrected chi connectivity index (χ2v) is 5.81. The number of rotatable bonds is 8. The molecule has 0 fully saturated rings. The van der Waals surface area contributed by atoms with Gasteiger partial charge in [-0.05, 0) is 30.5 Å². The monoisotopic (exact) mass is 310 g/mol. The molecule has 1 aromatic rings. The molecule has 2 heteroatoms.